The highest BCUT2D eigenvalue weighted by atomic mass is 79.9. The first kappa shape index (κ1) is 14.4. The van der Waals surface area contributed by atoms with Crippen molar-refractivity contribution in [1.82, 2.24) is 0 Å². The van der Waals surface area contributed by atoms with Crippen molar-refractivity contribution in [2.24, 2.45) is 0 Å². The van der Waals surface area contributed by atoms with Gasteiger partial charge in [0, 0.05) is 16.7 Å². The standard InChI is InChI=1S/C16H15BrN2O/c1-11-14(17)4-3-5-15(11)19-10-12-6-7-13(9-18)16(8-12)20-2/h3-8,19H,10H2,1-2H3. The summed E-state index contributed by atoms with van der Waals surface area (Å²) < 4.78 is 6.30. The molecule has 0 aliphatic rings. The molecule has 4 heteroatoms. The molecule has 0 heterocycles. The Morgan fingerprint density at radius 3 is 2.80 bits per heavy atom. The Balaban J connectivity index is 2.15. The molecule has 0 aliphatic heterocycles. The van der Waals surface area contributed by atoms with Crippen LogP contribution in [0.5, 0.6) is 5.75 Å². The Morgan fingerprint density at radius 2 is 2.10 bits per heavy atom. The molecule has 102 valence electrons. The smallest absolute Gasteiger partial charge is 0.136 e. The van der Waals surface area contributed by atoms with Gasteiger partial charge in [-0.2, -0.15) is 5.26 Å². The average molecular weight is 331 g/mol. The summed E-state index contributed by atoms with van der Waals surface area (Å²) in [7, 11) is 1.58. The van der Waals surface area contributed by atoms with Crippen molar-refractivity contribution in [1.29, 1.82) is 5.26 Å². The largest absolute Gasteiger partial charge is 0.495 e. The molecule has 0 amide bonds. The quantitative estimate of drug-likeness (QED) is 0.911. The Hall–Kier alpha value is -1.99. The van der Waals surface area contributed by atoms with Gasteiger partial charge in [-0.15, -0.1) is 0 Å². The second-order valence-electron chi connectivity index (χ2n) is 4.41. The minimum Gasteiger partial charge on any atom is -0.495 e. The van der Waals surface area contributed by atoms with Gasteiger partial charge in [0.25, 0.3) is 0 Å². The van der Waals surface area contributed by atoms with Gasteiger partial charge < -0.3 is 10.1 Å². The molecule has 1 N–H and O–H groups in total. The Morgan fingerprint density at radius 1 is 1.30 bits per heavy atom. The first-order valence-electron chi connectivity index (χ1n) is 6.21. The predicted molar refractivity (Wildman–Crippen MR) is 83.9 cm³/mol. The van der Waals surface area contributed by atoms with Crippen LogP contribution in [-0.2, 0) is 6.54 Å². The predicted octanol–water partition coefficient (Wildman–Crippen LogP) is 4.25. The van der Waals surface area contributed by atoms with E-state index in [-0.39, 0.29) is 0 Å². The first-order valence-corrected chi connectivity index (χ1v) is 7.01. The fourth-order valence-electron chi connectivity index (χ4n) is 1.93. The zero-order valence-corrected chi connectivity index (χ0v) is 13.0. The van der Waals surface area contributed by atoms with Gasteiger partial charge in [-0.05, 0) is 42.3 Å². The van der Waals surface area contributed by atoms with Crippen molar-refractivity contribution >= 4 is 21.6 Å². The van der Waals surface area contributed by atoms with Gasteiger partial charge in [0.15, 0.2) is 0 Å². The number of ether oxygens (including phenoxy) is 1. The maximum absolute atomic E-state index is 8.96. The highest BCUT2D eigenvalue weighted by molar-refractivity contribution is 9.10. The highest BCUT2D eigenvalue weighted by Gasteiger charge is 2.05. The third-order valence-electron chi connectivity index (χ3n) is 3.14. The van der Waals surface area contributed by atoms with Gasteiger partial charge in [0.1, 0.15) is 11.8 Å². The number of nitrogens with one attached hydrogen (secondary N) is 1. The molecular formula is C16H15BrN2O. The monoisotopic (exact) mass is 330 g/mol. The summed E-state index contributed by atoms with van der Waals surface area (Å²) in [5.74, 6) is 0.609. The lowest BCUT2D eigenvalue weighted by atomic mass is 10.1. The summed E-state index contributed by atoms with van der Waals surface area (Å²) in [4.78, 5) is 0. The van der Waals surface area contributed by atoms with Crippen LogP contribution in [0.3, 0.4) is 0 Å². The van der Waals surface area contributed by atoms with Crippen LogP contribution in [0.25, 0.3) is 0 Å². The number of benzene rings is 2. The zero-order valence-electron chi connectivity index (χ0n) is 11.4. The molecule has 0 fully saturated rings. The number of hydrogen-bond donors (Lipinski definition) is 1. The van der Waals surface area contributed by atoms with Gasteiger partial charge in [0.2, 0.25) is 0 Å². The summed E-state index contributed by atoms with van der Waals surface area (Å²) in [5.41, 5.74) is 3.88. The lowest BCUT2D eigenvalue weighted by molar-refractivity contribution is 0.413. The molecule has 0 aromatic heterocycles. The van der Waals surface area contributed by atoms with Crippen LogP contribution in [0.2, 0.25) is 0 Å². The van der Waals surface area contributed by atoms with Crippen LogP contribution in [0.1, 0.15) is 16.7 Å². The van der Waals surface area contributed by atoms with Crippen LogP contribution < -0.4 is 10.1 Å². The fraction of sp³-hybridized carbons (Fsp3) is 0.188. The lowest BCUT2D eigenvalue weighted by Crippen LogP contribution is -2.02. The molecule has 0 aliphatic carbocycles. The van der Waals surface area contributed by atoms with Gasteiger partial charge in [-0.3, -0.25) is 0 Å². The molecule has 0 saturated carbocycles. The van der Waals surface area contributed by atoms with E-state index in [1.807, 2.05) is 30.3 Å². The number of halogens is 1. The van der Waals surface area contributed by atoms with E-state index in [9.17, 15) is 0 Å². The number of methoxy groups -OCH3 is 1. The molecule has 2 aromatic rings. The second-order valence-corrected chi connectivity index (χ2v) is 5.27. The molecule has 2 rings (SSSR count). The van der Waals surface area contributed by atoms with E-state index >= 15 is 0 Å². The van der Waals surface area contributed by atoms with Gasteiger partial charge in [-0.1, -0.05) is 28.1 Å². The zero-order chi connectivity index (χ0) is 14.5. The fourth-order valence-corrected chi connectivity index (χ4v) is 2.30. The summed E-state index contributed by atoms with van der Waals surface area (Å²) >= 11 is 3.52. The van der Waals surface area contributed by atoms with Crippen molar-refractivity contribution in [3.63, 3.8) is 0 Å². The van der Waals surface area contributed by atoms with E-state index in [0.29, 0.717) is 17.9 Å². The van der Waals surface area contributed by atoms with E-state index in [1.54, 1.807) is 13.2 Å². The topological polar surface area (TPSA) is 45.0 Å². The van der Waals surface area contributed by atoms with Crippen molar-refractivity contribution in [2.45, 2.75) is 13.5 Å². The summed E-state index contributed by atoms with van der Waals surface area (Å²) in [5, 5.41) is 12.4. The van der Waals surface area contributed by atoms with E-state index in [0.717, 1.165) is 15.7 Å². The Kier molecular flexibility index (Phi) is 4.65. The highest BCUT2D eigenvalue weighted by Crippen LogP contribution is 2.25. The number of nitrogens with zero attached hydrogens (tertiary/aromatic N) is 1. The molecule has 0 atom stereocenters. The molecular weight excluding hydrogens is 316 g/mol. The Labute approximate surface area is 127 Å². The Bertz CT molecular complexity index is 662. The van der Waals surface area contributed by atoms with Crippen molar-refractivity contribution < 1.29 is 4.74 Å². The molecule has 0 unspecified atom stereocenters. The third-order valence-corrected chi connectivity index (χ3v) is 4.00. The molecule has 0 radical (unpaired) electrons. The molecule has 20 heavy (non-hydrogen) atoms. The van der Waals surface area contributed by atoms with E-state index < -0.39 is 0 Å². The minimum absolute atomic E-state index is 0.551. The maximum Gasteiger partial charge on any atom is 0.136 e. The molecule has 0 saturated heterocycles. The van der Waals surface area contributed by atoms with Crippen LogP contribution in [0.4, 0.5) is 5.69 Å². The second kappa shape index (κ2) is 6.44. The number of rotatable bonds is 4. The van der Waals surface area contributed by atoms with E-state index in [1.165, 1.54) is 5.56 Å². The van der Waals surface area contributed by atoms with Crippen LogP contribution >= 0.6 is 15.9 Å². The van der Waals surface area contributed by atoms with E-state index in [2.05, 4.69) is 34.2 Å². The van der Waals surface area contributed by atoms with Crippen LogP contribution in [0, 0.1) is 18.3 Å². The van der Waals surface area contributed by atoms with E-state index in [4.69, 9.17) is 10.00 Å². The average Bonchev–Trinajstić information content (AvgIpc) is 2.48. The SMILES string of the molecule is COc1cc(CNc2cccc(Br)c2C)ccc1C#N. The van der Waals surface area contributed by atoms with Crippen molar-refractivity contribution in [3.05, 3.63) is 57.6 Å². The summed E-state index contributed by atoms with van der Waals surface area (Å²) in [6, 6.07) is 13.8. The summed E-state index contributed by atoms with van der Waals surface area (Å²) in [6.45, 7) is 2.74. The first-order chi connectivity index (χ1) is 9.65. The molecule has 0 bridgehead atoms. The van der Waals surface area contributed by atoms with Gasteiger partial charge >= 0.3 is 0 Å². The molecule has 3 nitrogen and oxygen atoms in total. The van der Waals surface area contributed by atoms with Gasteiger partial charge in [0.05, 0.1) is 12.7 Å². The van der Waals surface area contributed by atoms with Crippen molar-refractivity contribution in [2.75, 3.05) is 12.4 Å². The maximum atomic E-state index is 8.96. The number of hydrogen-bond acceptors (Lipinski definition) is 3. The van der Waals surface area contributed by atoms with Crippen LogP contribution in [0.15, 0.2) is 40.9 Å². The van der Waals surface area contributed by atoms with Crippen molar-refractivity contribution in [3.8, 4) is 11.8 Å². The lowest BCUT2D eigenvalue weighted by Gasteiger charge is -2.12. The normalized spacial score (nSPS) is 9.90. The molecule has 0 spiro atoms. The van der Waals surface area contributed by atoms with Crippen LogP contribution in [-0.4, -0.2) is 7.11 Å². The van der Waals surface area contributed by atoms with Gasteiger partial charge in [-0.25, -0.2) is 0 Å². The summed E-state index contributed by atoms with van der Waals surface area (Å²) in [6.07, 6.45) is 0. The minimum atomic E-state index is 0.551. The molecule has 2 aromatic carbocycles. The third kappa shape index (κ3) is 3.12. The number of nitriles is 1. The number of anilines is 1.